The zero-order valence-corrected chi connectivity index (χ0v) is 14.0. The summed E-state index contributed by atoms with van der Waals surface area (Å²) in [6.45, 7) is 0. The molecule has 128 valence electrons. The second-order valence-corrected chi connectivity index (χ2v) is 5.46. The van der Waals surface area contributed by atoms with Crippen LogP contribution in [-0.2, 0) is 4.79 Å². The Kier molecular flexibility index (Phi) is 4.14. The number of carbonyl (C=O) groups is 1. The molecular formula is C18H16N2O5. The highest BCUT2D eigenvalue weighted by molar-refractivity contribution is 6.35. The van der Waals surface area contributed by atoms with E-state index in [0.29, 0.717) is 11.3 Å². The molecule has 2 aromatic carbocycles. The summed E-state index contributed by atoms with van der Waals surface area (Å²) in [5.74, 6) is 0.393. The van der Waals surface area contributed by atoms with Gasteiger partial charge in [-0.05, 0) is 18.2 Å². The molecule has 1 aliphatic rings. The minimum Gasteiger partial charge on any atom is -0.493 e. The molecule has 0 unspecified atom stereocenters. The van der Waals surface area contributed by atoms with Gasteiger partial charge < -0.3 is 14.4 Å². The number of para-hydroxylation sites is 1. The Balaban J connectivity index is 2.22. The normalized spacial score (nSPS) is 14.6. The molecule has 0 atom stereocenters. The molecule has 7 nitrogen and oxygen atoms in total. The smallest absolute Gasteiger partial charge is 0.280 e. The first-order chi connectivity index (χ1) is 12.0. The van der Waals surface area contributed by atoms with E-state index in [0.717, 1.165) is 11.3 Å². The maximum absolute atomic E-state index is 12.6. The number of amides is 1. The van der Waals surface area contributed by atoms with Crippen molar-refractivity contribution in [3.05, 3.63) is 57.6 Å². The highest BCUT2D eigenvalue weighted by Crippen LogP contribution is 2.40. The number of anilines is 1. The van der Waals surface area contributed by atoms with Gasteiger partial charge in [0.2, 0.25) is 0 Å². The van der Waals surface area contributed by atoms with Crippen molar-refractivity contribution in [2.75, 3.05) is 26.2 Å². The average molecular weight is 340 g/mol. The Labute approximate surface area is 144 Å². The number of hydrogen-bond donors (Lipinski definition) is 0. The molecule has 2 aromatic rings. The molecule has 0 fully saturated rings. The van der Waals surface area contributed by atoms with Crippen LogP contribution < -0.4 is 14.4 Å². The van der Waals surface area contributed by atoms with Crippen LogP contribution in [0.1, 0.15) is 11.1 Å². The fourth-order valence-electron chi connectivity index (χ4n) is 2.85. The van der Waals surface area contributed by atoms with Gasteiger partial charge in [0.15, 0.2) is 11.5 Å². The second kappa shape index (κ2) is 6.27. The van der Waals surface area contributed by atoms with Gasteiger partial charge in [0.1, 0.15) is 0 Å². The summed E-state index contributed by atoms with van der Waals surface area (Å²) in [5, 5.41) is 11.4. The molecule has 0 spiro atoms. The Morgan fingerprint density at radius 3 is 2.40 bits per heavy atom. The minimum atomic E-state index is -0.511. The SMILES string of the molecule is COc1cc(C=C2C(=O)N(C)c3ccccc32)c([N+](=O)[O-])cc1OC. The molecule has 0 bridgehead atoms. The highest BCUT2D eigenvalue weighted by Gasteiger charge is 2.30. The first-order valence-electron chi connectivity index (χ1n) is 7.47. The number of rotatable bonds is 4. The van der Waals surface area contributed by atoms with Crippen molar-refractivity contribution in [3.63, 3.8) is 0 Å². The Bertz CT molecular complexity index is 904. The maximum Gasteiger partial charge on any atom is 0.280 e. The van der Waals surface area contributed by atoms with Crippen LogP contribution in [0.5, 0.6) is 11.5 Å². The van der Waals surface area contributed by atoms with Gasteiger partial charge in [-0.3, -0.25) is 14.9 Å². The molecule has 0 radical (unpaired) electrons. The lowest BCUT2D eigenvalue weighted by Gasteiger charge is -2.09. The number of carbonyl (C=O) groups excluding carboxylic acids is 1. The third-order valence-corrected chi connectivity index (χ3v) is 4.12. The molecule has 0 N–H and O–H groups in total. The minimum absolute atomic E-state index is 0.162. The molecule has 0 saturated heterocycles. The summed E-state index contributed by atoms with van der Waals surface area (Å²) in [4.78, 5) is 25.0. The number of fused-ring (bicyclic) bond motifs is 1. The standard InChI is InChI=1S/C18H16N2O5/c1-19-14-7-5-4-6-12(14)13(18(19)21)8-11-9-16(24-2)17(25-3)10-15(11)20(22)23/h4-10H,1-3H3. The van der Waals surface area contributed by atoms with Crippen molar-refractivity contribution in [3.8, 4) is 11.5 Å². The number of nitrogens with zero attached hydrogens (tertiary/aromatic N) is 2. The summed E-state index contributed by atoms with van der Waals surface area (Å²) < 4.78 is 10.3. The molecule has 3 rings (SSSR count). The van der Waals surface area contributed by atoms with Gasteiger partial charge >= 0.3 is 0 Å². The van der Waals surface area contributed by atoms with Crippen LogP contribution in [0.4, 0.5) is 11.4 Å². The van der Waals surface area contributed by atoms with E-state index in [-0.39, 0.29) is 22.9 Å². The zero-order valence-electron chi connectivity index (χ0n) is 14.0. The number of likely N-dealkylation sites (N-methyl/N-ethyl adjacent to an activating group) is 1. The largest absolute Gasteiger partial charge is 0.493 e. The highest BCUT2D eigenvalue weighted by atomic mass is 16.6. The lowest BCUT2D eigenvalue weighted by Crippen LogP contribution is -2.20. The fourth-order valence-corrected chi connectivity index (χ4v) is 2.85. The van der Waals surface area contributed by atoms with Gasteiger partial charge in [-0.2, -0.15) is 0 Å². The van der Waals surface area contributed by atoms with Crippen molar-refractivity contribution < 1.29 is 19.2 Å². The Hall–Kier alpha value is -3.35. The van der Waals surface area contributed by atoms with E-state index in [1.165, 1.54) is 37.3 Å². The Morgan fingerprint density at radius 1 is 1.12 bits per heavy atom. The monoisotopic (exact) mass is 340 g/mol. The van der Waals surface area contributed by atoms with Gasteiger partial charge in [-0.25, -0.2) is 0 Å². The number of hydrogen-bond acceptors (Lipinski definition) is 5. The number of ether oxygens (including phenoxy) is 2. The number of benzene rings is 2. The second-order valence-electron chi connectivity index (χ2n) is 5.46. The van der Waals surface area contributed by atoms with Gasteiger partial charge in [0.05, 0.1) is 42.0 Å². The predicted octanol–water partition coefficient (Wildman–Crippen LogP) is 3.13. The lowest BCUT2D eigenvalue weighted by atomic mass is 10.0. The molecule has 25 heavy (non-hydrogen) atoms. The summed E-state index contributed by atoms with van der Waals surface area (Å²) >= 11 is 0. The first kappa shape index (κ1) is 16.5. The summed E-state index contributed by atoms with van der Waals surface area (Å²) in [7, 11) is 4.53. The van der Waals surface area contributed by atoms with E-state index in [2.05, 4.69) is 0 Å². The molecule has 7 heteroatoms. The fraction of sp³-hybridized carbons (Fsp3) is 0.167. The third-order valence-electron chi connectivity index (χ3n) is 4.12. The lowest BCUT2D eigenvalue weighted by molar-refractivity contribution is -0.385. The van der Waals surface area contributed by atoms with Gasteiger partial charge in [-0.1, -0.05) is 18.2 Å². The maximum atomic E-state index is 12.6. The first-order valence-corrected chi connectivity index (χ1v) is 7.47. The molecule has 0 saturated carbocycles. The molecule has 1 amide bonds. The molecular weight excluding hydrogens is 324 g/mol. The van der Waals surface area contributed by atoms with Crippen molar-refractivity contribution in [1.29, 1.82) is 0 Å². The summed E-state index contributed by atoms with van der Waals surface area (Å²) in [6.07, 6.45) is 1.52. The van der Waals surface area contributed by atoms with Gasteiger partial charge in [-0.15, -0.1) is 0 Å². The van der Waals surface area contributed by atoms with Crippen LogP contribution in [0, 0.1) is 10.1 Å². The van der Waals surface area contributed by atoms with E-state index in [4.69, 9.17) is 9.47 Å². The Morgan fingerprint density at radius 2 is 1.76 bits per heavy atom. The molecule has 0 aromatic heterocycles. The predicted molar refractivity (Wildman–Crippen MR) is 93.9 cm³/mol. The van der Waals surface area contributed by atoms with E-state index in [9.17, 15) is 14.9 Å². The van der Waals surface area contributed by atoms with E-state index < -0.39 is 4.92 Å². The van der Waals surface area contributed by atoms with Crippen LogP contribution in [0.15, 0.2) is 36.4 Å². The summed E-state index contributed by atoms with van der Waals surface area (Å²) in [5.41, 5.74) is 2.01. The van der Waals surface area contributed by atoms with Crippen LogP contribution in [0.3, 0.4) is 0 Å². The van der Waals surface area contributed by atoms with E-state index >= 15 is 0 Å². The van der Waals surface area contributed by atoms with Crippen molar-refractivity contribution in [1.82, 2.24) is 0 Å². The number of nitro benzene ring substituents is 1. The van der Waals surface area contributed by atoms with E-state index in [1.54, 1.807) is 7.05 Å². The van der Waals surface area contributed by atoms with Gasteiger partial charge in [0.25, 0.3) is 11.6 Å². The van der Waals surface area contributed by atoms with Crippen molar-refractivity contribution in [2.45, 2.75) is 0 Å². The van der Waals surface area contributed by atoms with Crippen LogP contribution >= 0.6 is 0 Å². The number of methoxy groups -OCH3 is 2. The van der Waals surface area contributed by atoms with Gasteiger partial charge in [0, 0.05) is 12.6 Å². The summed E-state index contributed by atoms with van der Waals surface area (Å²) in [6, 6.07) is 10.1. The average Bonchev–Trinajstić information content (AvgIpc) is 2.86. The third kappa shape index (κ3) is 2.69. The van der Waals surface area contributed by atoms with Crippen LogP contribution in [0.2, 0.25) is 0 Å². The van der Waals surface area contributed by atoms with Crippen LogP contribution in [-0.4, -0.2) is 32.1 Å². The number of nitro groups is 1. The van der Waals surface area contributed by atoms with Crippen molar-refractivity contribution in [2.24, 2.45) is 0 Å². The molecule has 1 aliphatic heterocycles. The quantitative estimate of drug-likeness (QED) is 0.485. The van der Waals surface area contributed by atoms with E-state index in [1.807, 2.05) is 24.3 Å². The molecule has 1 heterocycles. The van der Waals surface area contributed by atoms with Crippen molar-refractivity contribution >= 4 is 28.9 Å². The van der Waals surface area contributed by atoms with Crippen LogP contribution in [0.25, 0.3) is 11.6 Å². The zero-order chi connectivity index (χ0) is 18.1. The molecule has 0 aliphatic carbocycles. The topological polar surface area (TPSA) is 81.9 Å².